The number of hydrogen-bond acceptors (Lipinski definition) is 4. The van der Waals surface area contributed by atoms with E-state index in [0.29, 0.717) is 19.1 Å². The Morgan fingerprint density at radius 2 is 1.27 bits per heavy atom. The third-order valence-corrected chi connectivity index (χ3v) is 17.6. The average Bonchev–Trinajstić information content (AvgIpc) is 2.44. The first kappa shape index (κ1) is 22.7. The number of hydrogen-bond donors (Lipinski definition) is 0. The van der Waals surface area contributed by atoms with E-state index in [9.17, 15) is 0 Å². The van der Waals surface area contributed by atoms with Gasteiger partial charge in [-0.3, -0.25) is 0 Å². The molecule has 3 nitrogen and oxygen atoms in total. The zero-order chi connectivity index (χ0) is 17.2. The summed E-state index contributed by atoms with van der Waals surface area (Å²) in [6, 6.07) is 4.82. The van der Waals surface area contributed by atoms with Gasteiger partial charge in [0.05, 0.1) is 5.44 Å². The predicted molar refractivity (Wildman–Crippen MR) is 104 cm³/mol. The van der Waals surface area contributed by atoms with Gasteiger partial charge in [0.25, 0.3) is 0 Å². The Balaban J connectivity index is 5.02. The van der Waals surface area contributed by atoms with Gasteiger partial charge in [-0.2, -0.15) is 11.2 Å². The molecule has 0 rings (SSSR count). The van der Waals surface area contributed by atoms with Crippen LogP contribution in [0.3, 0.4) is 0 Å². The Kier molecular flexibility index (Phi) is 11.6. The average molecular weight is 367 g/mol. The van der Waals surface area contributed by atoms with E-state index in [1.807, 2.05) is 13.8 Å². The van der Waals surface area contributed by atoms with Gasteiger partial charge in [0.15, 0.2) is 0 Å². The fourth-order valence-electron chi connectivity index (χ4n) is 2.84. The van der Waals surface area contributed by atoms with Crippen molar-refractivity contribution in [2.75, 3.05) is 13.2 Å². The van der Waals surface area contributed by atoms with Crippen LogP contribution in [0, 0.1) is 5.92 Å². The lowest BCUT2D eigenvalue weighted by Gasteiger charge is -2.36. The highest BCUT2D eigenvalue weighted by molar-refractivity contribution is 8.29. The van der Waals surface area contributed by atoms with Crippen molar-refractivity contribution in [3.8, 4) is 0 Å². The van der Waals surface area contributed by atoms with Gasteiger partial charge in [-0.15, -0.1) is 0 Å². The maximum atomic E-state index is 6.48. The molecular formula is C16H38O3SSi2. The van der Waals surface area contributed by atoms with Gasteiger partial charge in [-0.05, 0) is 26.7 Å². The smallest absolute Gasteiger partial charge is 0.374 e. The molecule has 0 radical (unpaired) electrons. The van der Waals surface area contributed by atoms with Gasteiger partial charge >= 0.3 is 8.80 Å². The zero-order valence-corrected chi connectivity index (χ0v) is 18.8. The maximum absolute atomic E-state index is 6.48. The van der Waals surface area contributed by atoms with Crippen molar-refractivity contribution < 1.29 is 13.3 Å². The minimum atomic E-state index is -2.56. The van der Waals surface area contributed by atoms with E-state index in [1.54, 1.807) is 0 Å². The monoisotopic (exact) mass is 366 g/mol. The summed E-state index contributed by atoms with van der Waals surface area (Å²) in [4.78, 5) is 0. The second kappa shape index (κ2) is 11.3. The van der Waals surface area contributed by atoms with Crippen molar-refractivity contribution in [3.05, 3.63) is 0 Å². The van der Waals surface area contributed by atoms with Gasteiger partial charge < -0.3 is 13.3 Å². The van der Waals surface area contributed by atoms with Crippen LogP contribution in [0.4, 0.5) is 0 Å². The standard InChI is InChI=1S/C16H38O3SSi2/c1-9-17-22(18-10-2,14-15(6)7)19-16(8)20-21(11-3,12-4)13-5/h15-16H,9-14H2,1-8H3. The molecule has 0 aromatic heterocycles. The third kappa shape index (κ3) is 7.49. The Bertz CT molecular complexity index is 272. The van der Waals surface area contributed by atoms with Crippen LogP contribution in [0.2, 0.25) is 24.2 Å². The molecule has 0 bridgehead atoms. The van der Waals surface area contributed by atoms with Crippen molar-refractivity contribution in [2.45, 2.75) is 85.0 Å². The second-order valence-corrected chi connectivity index (χ2v) is 17.5. The second-order valence-electron chi connectivity index (χ2n) is 6.19. The van der Waals surface area contributed by atoms with Crippen LogP contribution >= 0.6 is 11.2 Å². The van der Waals surface area contributed by atoms with Crippen LogP contribution in [0.1, 0.15) is 55.4 Å². The lowest BCUT2D eigenvalue weighted by molar-refractivity contribution is 0.0601. The first-order valence-corrected chi connectivity index (χ1v) is 15.1. The molecule has 0 aromatic rings. The van der Waals surface area contributed by atoms with Crippen LogP contribution in [-0.4, -0.2) is 34.7 Å². The molecule has 0 amide bonds. The molecule has 0 heterocycles. The lowest BCUT2D eigenvalue weighted by atomic mass is 10.3. The van der Waals surface area contributed by atoms with E-state index in [0.717, 1.165) is 6.04 Å². The molecule has 0 aliphatic carbocycles. The summed E-state index contributed by atoms with van der Waals surface area (Å²) in [5.74, 6) is 0.521. The van der Waals surface area contributed by atoms with Crippen LogP contribution < -0.4 is 0 Å². The predicted octanol–water partition coefficient (Wildman–Crippen LogP) is 5.76. The van der Waals surface area contributed by atoms with Crippen molar-refractivity contribution >= 4 is 27.2 Å². The fraction of sp³-hybridized carbons (Fsp3) is 1.00. The van der Waals surface area contributed by atoms with Crippen molar-refractivity contribution in [2.24, 2.45) is 5.92 Å². The third-order valence-electron chi connectivity index (χ3n) is 4.08. The van der Waals surface area contributed by atoms with E-state index in [4.69, 9.17) is 13.3 Å². The largest absolute Gasteiger partial charge is 0.502 e. The van der Waals surface area contributed by atoms with Crippen LogP contribution in [-0.2, 0) is 13.3 Å². The van der Waals surface area contributed by atoms with Crippen molar-refractivity contribution in [3.63, 3.8) is 0 Å². The van der Waals surface area contributed by atoms with Gasteiger partial charge in [-0.1, -0.05) is 52.8 Å². The molecule has 0 spiro atoms. The fourth-order valence-corrected chi connectivity index (χ4v) is 13.2. The SMILES string of the molecule is CCO[Si](CC(C)C)(OCC)OC(C)S[Si](CC)(CC)CC. The summed E-state index contributed by atoms with van der Waals surface area (Å²) >= 11 is 2.09. The molecule has 0 N–H and O–H groups in total. The van der Waals surface area contributed by atoms with Crippen LogP contribution in [0.5, 0.6) is 0 Å². The Labute approximate surface area is 144 Å². The van der Waals surface area contributed by atoms with E-state index in [-0.39, 0.29) is 5.44 Å². The minimum Gasteiger partial charge on any atom is -0.374 e. The molecule has 134 valence electrons. The Morgan fingerprint density at radius 3 is 1.59 bits per heavy atom. The molecule has 1 unspecified atom stereocenters. The highest BCUT2D eigenvalue weighted by Crippen LogP contribution is 2.38. The zero-order valence-electron chi connectivity index (χ0n) is 16.0. The van der Waals surface area contributed by atoms with E-state index >= 15 is 0 Å². The van der Waals surface area contributed by atoms with Gasteiger partial charge in [-0.25, -0.2) is 0 Å². The number of rotatable bonds is 13. The normalized spacial score (nSPS) is 14.6. The molecule has 0 aliphatic rings. The lowest BCUT2D eigenvalue weighted by Crippen LogP contribution is -2.49. The highest BCUT2D eigenvalue weighted by atomic mass is 32.4. The van der Waals surface area contributed by atoms with Gasteiger partial charge in [0.1, 0.15) is 7.22 Å². The van der Waals surface area contributed by atoms with E-state index in [2.05, 4.69) is 52.8 Å². The molecule has 0 saturated carbocycles. The summed E-state index contributed by atoms with van der Waals surface area (Å²) in [5, 5.41) is 0. The maximum Gasteiger partial charge on any atom is 0.502 e. The summed E-state index contributed by atoms with van der Waals surface area (Å²) in [6.45, 7) is 19.0. The summed E-state index contributed by atoms with van der Waals surface area (Å²) in [7, 11) is -3.82. The minimum absolute atomic E-state index is 0.162. The first-order valence-electron chi connectivity index (χ1n) is 8.96. The summed E-state index contributed by atoms with van der Waals surface area (Å²) < 4.78 is 18.6. The molecule has 0 aliphatic heterocycles. The molecule has 6 heteroatoms. The molecule has 22 heavy (non-hydrogen) atoms. The van der Waals surface area contributed by atoms with Crippen LogP contribution in [0.25, 0.3) is 0 Å². The van der Waals surface area contributed by atoms with Crippen molar-refractivity contribution in [1.29, 1.82) is 0 Å². The molecule has 1 atom stereocenters. The Morgan fingerprint density at radius 1 is 0.818 bits per heavy atom. The van der Waals surface area contributed by atoms with Crippen molar-refractivity contribution in [1.82, 2.24) is 0 Å². The van der Waals surface area contributed by atoms with Gasteiger partial charge in [0.2, 0.25) is 0 Å². The highest BCUT2D eigenvalue weighted by Gasteiger charge is 2.44. The molecule has 0 fully saturated rings. The van der Waals surface area contributed by atoms with Gasteiger partial charge in [0, 0.05) is 19.3 Å². The molecular weight excluding hydrogens is 328 g/mol. The quantitative estimate of drug-likeness (QED) is 0.306. The Hall–Kier alpha value is 0.664. The molecule has 0 saturated heterocycles. The van der Waals surface area contributed by atoms with E-state index < -0.39 is 16.0 Å². The topological polar surface area (TPSA) is 27.7 Å². The van der Waals surface area contributed by atoms with E-state index in [1.165, 1.54) is 18.1 Å². The van der Waals surface area contributed by atoms with Crippen LogP contribution in [0.15, 0.2) is 0 Å². The summed E-state index contributed by atoms with van der Waals surface area (Å²) in [6.07, 6.45) is 0. The first-order chi connectivity index (χ1) is 10.3. The summed E-state index contributed by atoms with van der Waals surface area (Å²) in [5.41, 5.74) is 0.162. The molecule has 0 aromatic carbocycles.